The number of morpholine rings is 1. The first-order valence-electron chi connectivity index (χ1n) is 8.44. The molecule has 24 heavy (non-hydrogen) atoms. The van der Waals surface area contributed by atoms with E-state index < -0.39 is 0 Å². The predicted octanol–water partition coefficient (Wildman–Crippen LogP) is 3.40. The molecule has 1 N–H and O–H groups in total. The van der Waals surface area contributed by atoms with Crippen molar-refractivity contribution >= 4 is 11.6 Å². The number of ether oxygens (including phenoxy) is 1. The van der Waals surface area contributed by atoms with Gasteiger partial charge < -0.3 is 10.1 Å². The molecular weight excluding hydrogens is 300 g/mol. The fourth-order valence-corrected chi connectivity index (χ4v) is 3.27. The molecule has 0 spiro atoms. The van der Waals surface area contributed by atoms with E-state index in [0.29, 0.717) is 6.54 Å². The van der Waals surface area contributed by atoms with E-state index in [1.165, 1.54) is 0 Å². The van der Waals surface area contributed by atoms with E-state index in [1.807, 2.05) is 56.3 Å². The molecule has 1 heterocycles. The number of amides is 1. The molecule has 1 saturated heterocycles. The average Bonchev–Trinajstić information content (AvgIpc) is 2.55. The lowest BCUT2D eigenvalue weighted by molar-refractivity contribution is -0.121. The van der Waals surface area contributed by atoms with Crippen LogP contribution in [0.2, 0.25) is 0 Å². The van der Waals surface area contributed by atoms with Crippen molar-refractivity contribution in [1.29, 1.82) is 0 Å². The first-order valence-corrected chi connectivity index (χ1v) is 8.44. The Kier molecular flexibility index (Phi) is 5.28. The van der Waals surface area contributed by atoms with Gasteiger partial charge in [0.2, 0.25) is 5.91 Å². The van der Waals surface area contributed by atoms with Crippen LogP contribution < -0.4 is 5.32 Å². The summed E-state index contributed by atoms with van der Waals surface area (Å²) in [6, 6.07) is 18.0. The minimum atomic E-state index is 0.0136. The topological polar surface area (TPSA) is 41.6 Å². The number of hydrogen-bond acceptors (Lipinski definition) is 3. The zero-order valence-corrected chi connectivity index (χ0v) is 14.2. The lowest BCUT2D eigenvalue weighted by Gasteiger charge is -2.34. The molecule has 126 valence electrons. The number of carbonyl (C=O) groups is 1. The van der Waals surface area contributed by atoms with Crippen molar-refractivity contribution in [2.24, 2.45) is 0 Å². The quantitative estimate of drug-likeness (QED) is 0.937. The van der Waals surface area contributed by atoms with Gasteiger partial charge in [0.1, 0.15) is 0 Å². The van der Waals surface area contributed by atoms with Crippen molar-refractivity contribution in [2.75, 3.05) is 25.0 Å². The summed E-state index contributed by atoms with van der Waals surface area (Å²) < 4.78 is 5.72. The van der Waals surface area contributed by atoms with E-state index in [-0.39, 0.29) is 18.1 Å². The minimum absolute atomic E-state index is 0.0136. The molecule has 1 amide bonds. The van der Waals surface area contributed by atoms with Crippen LogP contribution in [0.5, 0.6) is 0 Å². The van der Waals surface area contributed by atoms with Crippen molar-refractivity contribution < 1.29 is 9.53 Å². The maximum Gasteiger partial charge on any atom is 0.238 e. The maximum absolute atomic E-state index is 12.5. The smallest absolute Gasteiger partial charge is 0.238 e. The second kappa shape index (κ2) is 7.60. The Labute approximate surface area is 143 Å². The van der Waals surface area contributed by atoms with Crippen LogP contribution in [-0.4, -0.2) is 42.6 Å². The molecule has 4 nitrogen and oxygen atoms in total. The van der Waals surface area contributed by atoms with E-state index in [1.54, 1.807) is 0 Å². The summed E-state index contributed by atoms with van der Waals surface area (Å²) in [5, 5.41) is 3.06. The highest BCUT2D eigenvalue weighted by Gasteiger charge is 2.23. The highest BCUT2D eigenvalue weighted by Crippen LogP contribution is 2.27. The Hall–Kier alpha value is -2.17. The Morgan fingerprint density at radius 3 is 2.38 bits per heavy atom. The summed E-state index contributed by atoms with van der Waals surface area (Å²) in [7, 11) is 0. The van der Waals surface area contributed by atoms with Gasteiger partial charge in [-0.1, -0.05) is 48.5 Å². The number of rotatable bonds is 4. The Morgan fingerprint density at radius 1 is 1.04 bits per heavy atom. The van der Waals surface area contributed by atoms with Crippen LogP contribution in [0, 0.1) is 0 Å². The molecule has 0 radical (unpaired) electrons. The van der Waals surface area contributed by atoms with Crippen molar-refractivity contribution in [3.8, 4) is 11.1 Å². The zero-order chi connectivity index (χ0) is 16.9. The summed E-state index contributed by atoms with van der Waals surface area (Å²) in [5.41, 5.74) is 2.99. The third kappa shape index (κ3) is 4.22. The highest BCUT2D eigenvalue weighted by atomic mass is 16.5. The van der Waals surface area contributed by atoms with Crippen molar-refractivity contribution in [2.45, 2.75) is 26.1 Å². The van der Waals surface area contributed by atoms with Crippen LogP contribution in [0.25, 0.3) is 11.1 Å². The standard InChI is InChI=1S/C20H24N2O2/c1-15-12-22(13-16(2)24-15)14-20(23)21-19-11-7-6-10-18(19)17-8-4-3-5-9-17/h3-11,15-16H,12-14H2,1-2H3,(H,21,23)/t15-,16-/m0/s1. The molecule has 0 bridgehead atoms. The van der Waals surface area contributed by atoms with E-state index in [4.69, 9.17) is 4.74 Å². The van der Waals surface area contributed by atoms with Gasteiger partial charge in [0.15, 0.2) is 0 Å². The zero-order valence-electron chi connectivity index (χ0n) is 14.2. The molecule has 1 aliphatic rings. The number of hydrogen-bond donors (Lipinski definition) is 1. The largest absolute Gasteiger partial charge is 0.373 e. The second-order valence-corrected chi connectivity index (χ2v) is 6.41. The first kappa shape index (κ1) is 16.7. The fraction of sp³-hybridized carbons (Fsp3) is 0.350. The summed E-state index contributed by atoms with van der Waals surface area (Å²) in [4.78, 5) is 14.6. The molecular formula is C20H24N2O2. The predicted molar refractivity (Wildman–Crippen MR) is 97.0 cm³/mol. The Morgan fingerprint density at radius 2 is 1.67 bits per heavy atom. The van der Waals surface area contributed by atoms with Crippen LogP contribution >= 0.6 is 0 Å². The van der Waals surface area contributed by atoms with Gasteiger partial charge >= 0.3 is 0 Å². The lowest BCUT2D eigenvalue weighted by Crippen LogP contribution is -2.48. The Bertz CT molecular complexity index is 677. The van der Waals surface area contributed by atoms with Gasteiger partial charge in [0.05, 0.1) is 18.8 Å². The van der Waals surface area contributed by atoms with Gasteiger partial charge in [0, 0.05) is 24.3 Å². The monoisotopic (exact) mass is 324 g/mol. The summed E-state index contributed by atoms with van der Waals surface area (Å²) in [6.45, 7) is 6.06. The van der Waals surface area contributed by atoms with Gasteiger partial charge in [-0.05, 0) is 25.5 Å². The minimum Gasteiger partial charge on any atom is -0.373 e. The molecule has 0 aromatic heterocycles. The molecule has 1 fully saturated rings. The van der Waals surface area contributed by atoms with Gasteiger partial charge in [0.25, 0.3) is 0 Å². The first-order chi connectivity index (χ1) is 11.6. The summed E-state index contributed by atoms with van der Waals surface area (Å²) in [6.07, 6.45) is 0.330. The number of carbonyl (C=O) groups excluding carboxylic acids is 1. The number of anilines is 1. The van der Waals surface area contributed by atoms with Crippen LogP contribution in [0.15, 0.2) is 54.6 Å². The molecule has 1 aliphatic heterocycles. The third-order valence-electron chi connectivity index (χ3n) is 4.15. The van der Waals surface area contributed by atoms with Crippen LogP contribution in [-0.2, 0) is 9.53 Å². The van der Waals surface area contributed by atoms with Gasteiger partial charge in [-0.15, -0.1) is 0 Å². The average molecular weight is 324 g/mol. The Balaban J connectivity index is 1.69. The third-order valence-corrected chi connectivity index (χ3v) is 4.15. The second-order valence-electron chi connectivity index (χ2n) is 6.41. The summed E-state index contributed by atoms with van der Waals surface area (Å²) in [5.74, 6) is 0.0136. The van der Waals surface area contributed by atoms with E-state index >= 15 is 0 Å². The molecule has 4 heteroatoms. The molecule has 2 aromatic rings. The van der Waals surface area contributed by atoms with E-state index in [0.717, 1.165) is 29.9 Å². The number of para-hydroxylation sites is 1. The number of nitrogens with one attached hydrogen (secondary N) is 1. The normalized spacial score (nSPS) is 21.4. The molecule has 2 atom stereocenters. The highest BCUT2D eigenvalue weighted by molar-refractivity contribution is 5.96. The van der Waals surface area contributed by atoms with Crippen LogP contribution in [0.3, 0.4) is 0 Å². The van der Waals surface area contributed by atoms with Crippen LogP contribution in [0.4, 0.5) is 5.69 Å². The molecule has 2 aromatic carbocycles. The van der Waals surface area contributed by atoms with Gasteiger partial charge in [-0.2, -0.15) is 0 Å². The van der Waals surface area contributed by atoms with Crippen molar-refractivity contribution in [3.63, 3.8) is 0 Å². The van der Waals surface area contributed by atoms with Crippen molar-refractivity contribution in [1.82, 2.24) is 4.90 Å². The van der Waals surface area contributed by atoms with Crippen molar-refractivity contribution in [3.05, 3.63) is 54.6 Å². The summed E-state index contributed by atoms with van der Waals surface area (Å²) >= 11 is 0. The molecule has 0 unspecified atom stereocenters. The number of nitrogens with zero attached hydrogens (tertiary/aromatic N) is 1. The fourth-order valence-electron chi connectivity index (χ4n) is 3.27. The van der Waals surface area contributed by atoms with E-state index in [9.17, 15) is 4.79 Å². The molecule has 0 saturated carbocycles. The maximum atomic E-state index is 12.5. The molecule has 0 aliphatic carbocycles. The SMILES string of the molecule is C[C@H]1CN(CC(=O)Nc2ccccc2-c2ccccc2)C[C@H](C)O1. The van der Waals surface area contributed by atoms with Gasteiger partial charge in [-0.3, -0.25) is 9.69 Å². The lowest BCUT2D eigenvalue weighted by atomic mass is 10.0. The van der Waals surface area contributed by atoms with E-state index in [2.05, 4.69) is 22.3 Å². The van der Waals surface area contributed by atoms with Gasteiger partial charge in [-0.25, -0.2) is 0 Å². The number of benzene rings is 2. The van der Waals surface area contributed by atoms with Crippen LogP contribution in [0.1, 0.15) is 13.8 Å². The molecule has 3 rings (SSSR count).